The van der Waals surface area contributed by atoms with Gasteiger partial charge >= 0.3 is 17.8 Å². The number of carbonyl (C=O) groups is 5. The van der Waals surface area contributed by atoms with Crippen LogP contribution in [0.3, 0.4) is 0 Å². The molecule has 0 heterocycles. The average molecular weight is 722 g/mol. The third-order valence-corrected chi connectivity index (χ3v) is 9.06. The molecule has 53 heavy (non-hydrogen) atoms. The number of rotatable bonds is 16. The number of aliphatic carboxylic acids is 2. The second-order valence-electron chi connectivity index (χ2n) is 12.9. The molecule has 4 aromatic rings. The van der Waals surface area contributed by atoms with Gasteiger partial charge in [0.2, 0.25) is 11.8 Å². The lowest BCUT2D eigenvalue weighted by molar-refractivity contribution is -0.175. The van der Waals surface area contributed by atoms with E-state index in [1.807, 2.05) is 74.5 Å². The maximum atomic E-state index is 14.4. The Hall–Kier alpha value is -6.17. The maximum Gasteiger partial charge on any atom is 0.394 e. The molecule has 0 aromatic heterocycles. The molecule has 4 unspecified atom stereocenters. The van der Waals surface area contributed by atoms with Crippen molar-refractivity contribution in [3.63, 3.8) is 0 Å². The lowest BCUT2D eigenvalue weighted by Crippen LogP contribution is -2.70. The number of nitrogens with zero attached hydrogens (tertiary/aromatic N) is 2. The molecular weight excluding hydrogens is 678 g/mol. The zero-order chi connectivity index (χ0) is 37.9. The minimum atomic E-state index is -1.83. The largest absolute Gasteiger partial charge is 0.481 e. The first-order chi connectivity index (χ1) is 25.6. The molecular formula is C41H43N3O9. The highest BCUT2D eigenvalue weighted by Crippen LogP contribution is 2.44. The van der Waals surface area contributed by atoms with E-state index in [0.29, 0.717) is 35.8 Å². The molecule has 0 saturated heterocycles. The molecule has 3 amide bonds. The Kier molecular flexibility index (Phi) is 12.8. The van der Waals surface area contributed by atoms with Crippen LogP contribution in [0.2, 0.25) is 0 Å². The number of hydrogen-bond donors (Lipinski definition) is 3. The van der Waals surface area contributed by atoms with Gasteiger partial charge in [-0.25, -0.2) is 4.79 Å². The standard InChI is InChI=1S/C41H43N3O9/c1-3-23-43(25-27-15-19-31(20-16-27)52-29-11-7-5-8-12-29)38(46)33-34(36(35(33)40(48)49)42-37(45)41(50)51)39(47)44(24-4-2)26-28-17-21-32(22-18-28)53-30-13-9-6-10-14-30/h5-22,33-36H,3-4,23-26H2,1-2H3,(H,42,45)(H,48,49)(H,50,51). The van der Waals surface area contributed by atoms with Crippen molar-refractivity contribution in [3.8, 4) is 23.0 Å². The van der Waals surface area contributed by atoms with Crippen LogP contribution in [0.25, 0.3) is 0 Å². The molecule has 276 valence electrons. The lowest BCUT2D eigenvalue weighted by Gasteiger charge is -2.50. The van der Waals surface area contributed by atoms with Gasteiger partial charge in [0.1, 0.15) is 23.0 Å². The smallest absolute Gasteiger partial charge is 0.394 e. The fourth-order valence-corrected chi connectivity index (χ4v) is 6.57. The molecule has 5 rings (SSSR count). The molecule has 0 spiro atoms. The van der Waals surface area contributed by atoms with Crippen LogP contribution in [0.1, 0.15) is 37.8 Å². The van der Waals surface area contributed by atoms with Gasteiger partial charge < -0.3 is 34.8 Å². The van der Waals surface area contributed by atoms with Gasteiger partial charge in [-0.2, -0.15) is 0 Å². The fraction of sp³-hybridized carbons (Fsp3) is 0.293. The van der Waals surface area contributed by atoms with Crippen LogP contribution >= 0.6 is 0 Å². The molecule has 1 saturated carbocycles. The van der Waals surface area contributed by atoms with Crippen LogP contribution < -0.4 is 14.8 Å². The Morgan fingerprint density at radius 2 is 0.962 bits per heavy atom. The SMILES string of the molecule is CCCN(Cc1ccc(Oc2ccccc2)cc1)C(=O)C1C(NC(=O)C(=O)O)C(C(=O)O)C1C(=O)N(CCC)Cc1ccc(Oc2ccccc2)cc1. The number of benzene rings is 4. The number of carboxylic acid groups (broad SMARTS) is 2. The molecule has 0 bridgehead atoms. The molecule has 4 aromatic carbocycles. The summed E-state index contributed by atoms with van der Waals surface area (Å²) in [4.78, 5) is 68.4. The highest BCUT2D eigenvalue weighted by atomic mass is 16.5. The van der Waals surface area contributed by atoms with Gasteiger partial charge in [-0.1, -0.05) is 74.5 Å². The molecule has 4 atom stereocenters. The van der Waals surface area contributed by atoms with E-state index in [9.17, 15) is 34.2 Å². The molecule has 1 fully saturated rings. The lowest BCUT2D eigenvalue weighted by atomic mass is 9.59. The van der Waals surface area contributed by atoms with Gasteiger partial charge in [-0.05, 0) is 72.5 Å². The highest BCUT2D eigenvalue weighted by Gasteiger charge is 2.62. The zero-order valence-electron chi connectivity index (χ0n) is 29.6. The molecule has 12 heteroatoms. The Labute approximate surface area is 307 Å². The predicted molar refractivity (Wildman–Crippen MR) is 195 cm³/mol. The van der Waals surface area contributed by atoms with E-state index in [0.717, 1.165) is 11.1 Å². The van der Waals surface area contributed by atoms with Crippen LogP contribution in [0, 0.1) is 17.8 Å². The van der Waals surface area contributed by atoms with E-state index in [1.54, 1.807) is 48.5 Å². The number of ether oxygens (including phenoxy) is 2. The van der Waals surface area contributed by atoms with Crippen LogP contribution in [0.15, 0.2) is 109 Å². The molecule has 0 radical (unpaired) electrons. The van der Waals surface area contributed by atoms with Crippen molar-refractivity contribution < 1.29 is 43.7 Å². The summed E-state index contributed by atoms with van der Waals surface area (Å²) in [5.41, 5.74) is 1.51. The fourth-order valence-electron chi connectivity index (χ4n) is 6.57. The minimum absolute atomic E-state index is 0.128. The average Bonchev–Trinajstić information content (AvgIpc) is 3.14. The number of amides is 3. The van der Waals surface area contributed by atoms with E-state index >= 15 is 0 Å². The first kappa shape index (κ1) is 38.1. The van der Waals surface area contributed by atoms with Crippen molar-refractivity contribution >= 4 is 29.7 Å². The van der Waals surface area contributed by atoms with Crippen LogP contribution in [-0.2, 0) is 37.1 Å². The summed E-state index contributed by atoms with van der Waals surface area (Å²) in [6.45, 7) is 4.56. The quantitative estimate of drug-likeness (QED) is 0.118. The second-order valence-corrected chi connectivity index (χ2v) is 12.9. The first-order valence-electron chi connectivity index (χ1n) is 17.6. The molecule has 3 N–H and O–H groups in total. The summed E-state index contributed by atoms with van der Waals surface area (Å²) in [6.07, 6.45) is 1.10. The zero-order valence-corrected chi connectivity index (χ0v) is 29.6. The van der Waals surface area contributed by atoms with Crippen molar-refractivity contribution in [2.75, 3.05) is 13.1 Å². The second kappa shape index (κ2) is 17.9. The summed E-state index contributed by atoms with van der Waals surface area (Å²) in [7, 11) is 0. The highest BCUT2D eigenvalue weighted by molar-refractivity contribution is 6.31. The monoisotopic (exact) mass is 721 g/mol. The molecule has 12 nitrogen and oxygen atoms in total. The van der Waals surface area contributed by atoms with Gasteiger partial charge in [-0.15, -0.1) is 0 Å². The van der Waals surface area contributed by atoms with Crippen molar-refractivity contribution in [2.45, 2.75) is 45.8 Å². The van der Waals surface area contributed by atoms with Crippen LogP contribution in [0.5, 0.6) is 23.0 Å². The summed E-state index contributed by atoms with van der Waals surface area (Å²) in [5, 5.41) is 21.9. The van der Waals surface area contributed by atoms with E-state index in [1.165, 1.54) is 9.80 Å². The van der Waals surface area contributed by atoms with Crippen LogP contribution in [0.4, 0.5) is 0 Å². The number of carboxylic acids is 2. The summed E-state index contributed by atoms with van der Waals surface area (Å²) in [6, 6.07) is 31.4. The van der Waals surface area contributed by atoms with Gasteiger partial charge in [-0.3, -0.25) is 19.2 Å². The third kappa shape index (κ3) is 9.59. The Morgan fingerprint density at radius 3 is 1.34 bits per heavy atom. The topological polar surface area (TPSA) is 163 Å². The number of nitrogens with one attached hydrogen (secondary N) is 1. The van der Waals surface area contributed by atoms with Gasteiger partial charge in [0.15, 0.2) is 0 Å². The molecule has 1 aliphatic rings. The van der Waals surface area contributed by atoms with Crippen molar-refractivity contribution in [2.24, 2.45) is 17.8 Å². The van der Waals surface area contributed by atoms with Crippen molar-refractivity contribution in [3.05, 3.63) is 120 Å². The van der Waals surface area contributed by atoms with E-state index < -0.39 is 53.5 Å². The Bertz CT molecular complexity index is 1870. The summed E-state index contributed by atoms with van der Waals surface area (Å²) < 4.78 is 11.8. The Morgan fingerprint density at radius 1 is 0.566 bits per heavy atom. The molecule has 0 aliphatic heterocycles. The van der Waals surface area contributed by atoms with Gasteiger partial charge in [0.25, 0.3) is 0 Å². The predicted octanol–water partition coefficient (Wildman–Crippen LogP) is 5.96. The number of para-hydroxylation sites is 2. The van der Waals surface area contributed by atoms with E-state index in [2.05, 4.69) is 5.32 Å². The molecule has 1 aliphatic carbocycles. The minimum Gasteiger partial charge on any atom is -0.481 e. The van der Waals surface area contributed by atoms with Gasteiger partial charge in [0.05, 0.1) is 23.8 Å². The Balaban J connectivity index is 1.39. The number of carbonyl (C=O) groups excluding carboxylic acids is 3. The van der Waals surface area contributed by atoms with Crippen molar-refractivity contribution in [1.29, 1.82) is 0 Å². The van der Waals surface area contributed by atoms with Crippen LogP contribution in [-0.4, -0.2) is 68.8 Å². The number of hydrogen-bond acceptors (Lipinski definition) is 7. The first-order valence-corrected chi connectivity index (χ1v) is 17.6. The van der Waals surface area contributed by atoms with E-state index in [-0.39, 0.29) is 26.2 Å². The normalized spacial score (nSPS) is 17.5. The summed E-state index contributed by atoms with van der Waals surface area (Å²) in [5.74, 6) is -7.51. The third-order valence-electron chi connectivity index (χ3n) is 9.06. The van der Waals surface area contributed by atoms with E-state index in [4.69, 9.17) is 9.47 Å². The van der Waals surface area contributed by atoms with Gasteiger partial charge in [0, 0.05) is 26.2 Å². The van der Waals surface area contributed by atoms with Crippen molar-refractivity contribution in [1.82, 2.24) is 15.1 Å². The summed E-state index contributed by atoms with van der Waals surface area (Å²) >= 11 is 0. The maximum absolute atomic E-state index is 14.4.